The number of benzene rings is 2. The molecule has 0 bridgehead atoms. The fourth-order valence-electron chi connectivity index (χ4n) is 2.51. The number of aromatic nitrogens is 2. The molecule has 0 radical (unpaired) electrons. The molecule has 0 aliphatic carbocycles. The zero-order chi connectivity index (χ0) is 16.9. The Bertz CT molecular complexity index is 862. The molecule has 0 amide bonds. The summed E-state index contributed by atoms with van der Waals surface area (Å²) >= 11 is 0. The summed E-state index contributed by atoms with van der Waals surface area (Å²) in [4.78, 5) is 10.8. The summed E-state index contributed by atoms with van der Waals surface area (Å²) in [6.07, 6.45) is 4.61. The van der Waals surface area contributed by atoms with E-state index in [1.807, 2.05) is 72.4 Å². The van der Waals surface area contributed by atoms with Gasteiger partial charge in [-0.2, -0.15) is 5.10 Å². The highest BCUT2D eigenvalue weighted by atomic mass is 16.4. The molecule has 1 N–H and O–H groups in total. The topological polar surface area (TPSA) is 55.1 Å². The summed E-state index contributed by atoms with van der Waals surface area (Å²) in [5.41, 5.74) is 4.85. The van der Waals surface area contributed by atoms with Gasteiger partial charge in [-0.15, -0.1) is 0 Å². The lowest BCUT2D eigenvalue weighted by molar-refractivity contribution is -0.131. The maximum Gasteiger partial charge on any atom is 0.328 e. The van der Waals surface area contributed by atoms with Crippen LogP contribution in [0.1, 0.15) is 16.7 Å². The predicted octanol–water partition coefficient (Wildman–Crippen LogP) is 4.00. The summed E-state index contributed by atoms with van der Waals surface area (Å²) in [5.74, 6) is -0.972. The number of carbonyl (C=O) groups is 1. The Balaban J connectivity index is 1.98. The second-order valence-electron chi connectivity index (χ2n) is 5.65. The maximum atomic E-state index is 10.8. The van der Waals surface area contributed by atoms with E-state index in [1.54, 1.807) is 6.08 Å². The Morgan fingerprint density at radius 3 is 2.50 bits per heavy atom. The van der Waals surface area contributed by atoms with Gasteiger partial charge in [0.05, 0.1) is 12.2 Å². The van der Waals surface area contributed by atoms with Crippen LogP contribution in [-0.4, -0.2) is 20.9 Å². The van der Waals surface area contributed by atoms with Gasteiger partial charge >= 0.3 is 5.97 Å². The van der Waals surface area contributed by atoms with Gasteiger partial charge in [0.1, 0.15) is 0 Å². The minimum atomic E-state index is -0.972. The Kier molecular flexibility index (Phi) is 4.57. The normalized spacial score (nSPS) is 11.0. The van der Waals surface area contributed by atoms with E-state index in [0.717, 1.165) is 28.5 Å². The molecule has 0 aliphatic rings. The first-order valence-corrected chi connectivity index (χ1v) is 7.71. The van der Waals surface area contributed by atoms with E-state index >= 15 is 0 Å². The van der Waals surface area contributed by atoms with Crippen molar-refractivity contribution in [1.82, 2.24) is 9.78 Å². The van der Waals surface area contributed by atoms with Crippen molar-refractivity contribution in [3.63, 3.8) is 0 Å². The van der Waals surface area contributed by atoms with Gasteiger partial charge in [-0.3, -0.25) is 4.68 Å². The largest absolute Gasteiger partial charge is 0.478 e. The summed E-state index contributed by atoms with van der Waals surface area (Å²) in [6.45, 7) is 2.67. The summed E-state index contributed by atoms with van der Waals surface area (Å²) in [5, 5.41) is 13.6. The molecule has 0 spiro atoms. The Morgan fingerprint density at radius 2 is 1.83 bits per heavy atom. The highest BCUT2D eigenvalue weighted by Crippen LogP contribution is 2.24. The molecule has 0 saturated carbocycles. The summed E-state index contributed by atoms with van der Waals surface area (Å²) in [6, 6.07) is 18.1. The lowest BCUT2D eigenvalue weighted by Gasteiger charge is -2.02. The van der Waals surface area contributed by atoms with Crippen LogP contribution in [0.4, 0.5) is 0 Å². The van der Waals surface area contributed by atoms with Crippen LogP contribution in [0.25, 0.3) is 17.3 Å². The molecular formula is C20H18N2O2. The first-order chi connectivity index (χ1) is 11.6. The van der Waals surface area contributed by atoms with Crippen LogP contribution in [0.15, 0.2) is 66.9 Å². The third-order valence-electron chi connectivity index (χ3n) is 3.71. The van der Waals surface area contributed by atoms with Crippen LogP contribution in [-0.2, 0) is 11.3 Å². The third-order valence-corrected chi connectivity index (χ3v) is 3.71. The van der Waals surface area contributed by atoms with Gasteiger partial charge in [-0.1, -0.05) is 60.2 Å². The fourth-order valence-corrected chi connectivity index (χ4v) is 2.51. The van der Waals surface area contributed by atoms with E-state index in [0.29, 0.717) is 6.54 Å². The van der Waals surface area contributed by atoms with Gasteiger partial charge in [0, 0.05) is 23.4 Å². The van der Waals surface area contributed by atoms with Crippen molar-refractivity contribution in [2.45, 2.75) is 13.5 Å². The molecule has 3 aromatic rings. The van der Waals surface area contributed by atoms with E-state index in [2.05, 4.69) is 5.10 Å². The zero-order valence-electron chi connectivity index (χ0n) is 13.4. The van der Waals surface area contributed by atoms with Crippen molar-refractivity contribution >= 4 is 12.0 Å². The number of aryl methyl sites for hydroxylation is 1. The van der Waals surface area contributed by atoms with E-state index in [9.17, 15) is 4.79 Å². The van der Waals surface area contributed by atoms with Crippen molar-refractivity contribution in [3.05, 3.63) is 83.6 Å². The van der Waals surface area contributed by atoms with Gasteiger partial charge in [0.2, 0.25) is 0 Å². The quantitative estimate of drug-likeness (QED) is 0.723. The fraction of sp³-hybridized carbons (Fsp3) is 0.100. The van der Waals surface area contributed by atoms with Crippen molar-refractivity contribution in [1.29, 1.82) is 0 Å². The molecule has 0 unspecified atom stereocenters. The van der Waals surface area contributed by atoms with Gasteiger partial charge < -0.3 is 5.11 Å². The van der Waals surface area contributed by atoms with Crippen molar-refractivity contribution in [3.8, 4) is 11.3 Å². The Hall–Kier alpha value is -3.14. The van der Waals surface area contributed by atoms with Crippen molar-refractivity contribution in [2.24, 2.45) is 0 Å². The second-order valence-corrected chi connectivity index (χ2v) is 5.65. The predicted molar refractivity (Wildman–Crippen MR) is 94.6 cm³/mol. The van der Waals surface area contributed by atoms with Crippen molar-refractivity contribution < 1.29 is 9.90 Å². The third kappa shape index (κ3) is 3.79. The minimum absolute atomic E-state index is 0.639. The number of aliphatic carboxylic acids is 1. The monoisotopic (exact) mass is 318 g/mol. The molecule has 120 valence electrons. The molecule has 24 heavy (non-hydrogen) atoms. The Morgan fingerprint density at radius 1 is 1.12 bits per heavy atom. The van der Waals surface area contributed by atoms with E-state index in [1.165, 1.54) is 5.56 Å². The van der Waals surface area contributed by atoms with Crippen LogP contribution in [0, 0.1) is 6.92 Å². The lowest BCUT2D eigenvalue weighted by atomic mass is 10.1. The van der Waals surface area contributed by atoms with Crippen molar-refractivity contribution in [2.75, 3.05) is 0 Å². The summed E-state index contributed by atoms with van der Waals surface area (Å²) < 4.78 is 1.84. The summed E-state index contributed by atoms with van der Waals surface area (Å²) in [7, 11) is 0. The molecule has 1 aromatic heterocycles. The molecule has 1 heterocycles. The standard InChI is InChI=1S/C20H18N2O2/c1-15-7-9-17(10-8-15)20-18(11-12-19(23)24)14-22(21-20)13-16-5-3-2-4-6-16/h2-12,14H,13H2,1H3,(H,23,24). The molecule has 0 aliphatic heterocycles. The molecular weight excluding hydrogens is 300 g/mol. The van der Waals surface area contributed by atoms with Gasteiger partial charge in [-0.05, 0) is 18.6 Å². The van der Waals surface area contributed by atoms with Crippen LogP contribution in [0.2, 0.25) is 0 Å². The van der Waals surface area contributed by atoms with Crippen LogP contribution in [0.3, 0.4) is 0 Å². The SMILES string of the molecule is Cc1ccc(-c2nn(Cc3ccccc3)cc2C=CC(=O)O)cc1. The minimum Gasteiger partial charge on any atom is -0.478 e. The maximum absolute atomic E-state index is 10.8. The average molecular weight is 318 g/mol. The average Bonchev–Trinajstić information content (AvgIpc) is 2.97. The molecule has 3 rings (SSSR count). The number of hydrogen-bond acceptors (Lipinski definition) is 2. The van der Waals surface area contributed by atoms with Gasteiger partial charge in [0.15, 0.2) is 0 Å². The molecule has 0 saturated heterocycles. The highest BCUT2D eigenvalue weighted by Gasteiger charge is 2.10. The zero-order valence-corrected chi connectivity index (χ0v) is 13.4. The Labute approximate surface area is 140 Å². The van der Waals surface area contributed by atoms with Gasteiger partial charge in [-0.25, -0.2) is 4.79 Å². The van der Waals surface area contributed by atoms with E-state index in [4.69, 9.17) is 5.11 Å². The number of carboxylic acid groups (broad SMARTS) is 1. The van der Waals surface area contributed by atoms with Gasteiger partial charge in [0.25, 0.3) is 0 Å². The highest BCUT2D eigenvalue weighted by molar-refractivity contribution is 5.87. The van der Waals surface area contributed by atoms with Crippen LogP contribution in [0.5, 0.6) is 0 Å². The molecule has 2 aromatic carbocycles. The smallest absolute Gasteiger partial charge is 0.328 e. The lowest BCUT2D eigenvalue weighted by Crippen LogP contribution is -1.99. The second kappa shape index (κ2) is 6.96. The molecule has 0 atom stereocenters. The molecule has 4 nitrogen and oxygen atoms in total. The van der Waals surface area contributed by atoms with E-state index in [-0.39, 0.29) is 0 Å². The number of rotatable bonds is 5. The molecule has 4 heteroatoms. The number of nitrogens with zero attached hydrogens (tertiary/aromatic N) is 2. The van der Waals surface area contributed by atoms with E-state index < -0.39 is 5.97 Å². The molecule has 0 fully saturated rings. The first kappa shape index (κ1) is 15.7. The number of carboxylic acids is 1. The first-order valence-electron chi connectivity index (χ1n) is 7.71. The number of hydrogen-bond donors (Lipinski definition) is 1. The van der Waals surface area contributed by atoms with Crippen LogP contribution < -0.4 is 0 Å². The van der Waals surface area contributed by atoms with Crippen LogP contribution >= 0.6 is 0 Å².